The van der Waals surface area contributed by atoms with Gasteiger partial charge in [0, 0.05) is 13.5 Å². The number of nitrogens with zero attached hydrogens (tertiary/aromatic N) is 2. The lowest BCUT2D eigenvalue weighted by atomic mass is 10.1. The topological polar surface area (TPSA) is 36.3 Å². The van der Waals surface area contributed by atoms with Crippen molar-refractivity contribution in [3.63, 3.8) is 0 Å². The van der Waals surface area contributed by atoms with Crippen molar-refractivity contribution < 1.29 is 9.47 Å². The maximum absolute atomic E-state index is 5.38. The van der Waals surface area contributed by atoms with Crippen molar-refractivity contribution in [2.75, 3.05) is 6.79 Å². The lowest BCUT2D eigenvalue weighted by Gasteiger charge is -2.02. The van der Waals surface area contributed by atoms with E-state index in [1.165, 1.54) is 0 Å². The molecule has 0 bridgehead atoms. The zero-order chi connectivity index (χ0) is 12.7. The molecule has 0 spiro atoms. The quantitative estimate of drug-likeness (QED) is 0.856. The predicted molar refractivity (Wildman–Crippen MR) is 71.0 cm³/mol. The number of aromatic nitrogens is 2. The molecule has 0 saturated carbocycles. The summed E-state index contributed by atoms with van der Waals surface area (Å²) in [7, 11) is 2.00. The van der Waals surface area contributed by atoms with Gasteiger partial charge in [0.15, 0.2) is 11.5 Å². The van der Waals surface area contributed by atoms with Gasteiger partial charge in [-0.1, -0.05) is 6.07 Å². The van der Waals surface area contributed by atoms with Crippen molar-refractivity contribution in [1.29, 1.82) is 0 Å². The van der Waals surface area contributed by atoms with Gasteiger partial charge >= 0.3 is 0 Å². The maximum Gasteiger partial charge on any atom is 0.231 e. The van der Waals surface area contributed by atoms with Gasteiger partial charge in [-0.15, -0.1) is 0 Å². The summed E-state index contributed by atoms with van der Waals surface area (Å²) >= 11 is 3.57. The third-order valence-electron chi connectivity index (χ3n) is 3.12. The Morgan fingerprint density at radius 2 is 2.11 bits per heavy atom. The molecule has 94 valence electrons. The van der Waals surface area contributed by atoms with Gasteiger partial charge in [-0.3, -0.25) is 0 Å². The normalized spacial score (nSPS) is 13.1. The molecule has 5 heteroatoms. The summed E-state index contributed by atoms with van der Waals surface area (Å²) in [5.41, 5.74) is 2.20. The van der Waals surface area contributed by atoms with Crippen LogP contribution in [0, 0.1) is 6.92 Å². The lowest BCUT2D eigenvalue weighted by molar-refractivity contribution is 0.174. The van der Waals surface area contributed by atoms with Crippen LogP contribution in [0.1, 0.15) is 17.1 Å². The number of halogens is 1. The molecule has 1 aliphatic rings. The van der Waals surface area contributed by atoms with Gasteiger partial charge < -0.3 is 14.0 Å². The Morgan fingerprint density at radius 3 is 2.83 bits per heavy atom. The van der Waals surface area contributed by atoms with Crippen LogP contribution >= 0.6 is 15.9 Å². The number of imidazole rings is 1. The van der Waals surface area contributed by atoms with Crippen LogP contribution in [0.3, 0.4) is 0 Å². The Bertz CT molecular complexity index is 607. The maximum atomic E-state index is 5.38. The first-order valence-electron chi connectivity index (χ1n) is 5.71. The molecule has 1 aliphatic heterocycles. The van der Waals surface area contributed by atoms with Crippen molar-refractivity contribution in [1.82, 2.24) is 9.55 Å². The molecular formula is C13H13BrN2O2. The van der Waals surface area contributed by atoms with E-state index >= 15 is 0 Å². The summed E-state index contributed by atoms with van der Waals surface area (Å²) in [5, 5.41) is 0. The molecule has 2 aromatic rings. The number of benzene rings is 1. The van der Waals surface area contributed by atoms with Gasteiger partial charge in [0.2, 0.25) is 6.79 Å². The molecular weight excluding hydrogens is 296 g/mol. The van der Waals surface area contributed by atoms with Gasteiger partial charge in [-0.2, -0.15) is 0 Å². The molecule has 1 aromatic heterocycles. The second-order valence-corrected chi connectivity index (χ2v) is 5.07. The first-order chi connectivity index (χ1) is 8.65. The smallest absolute Gasteiger partial charge is 0.231 e. The van der Waals surface area contributed by atoms with Crippen LogP contribution in [-0.4, -0.2) is 16.3 Å². The molecule has 18 heavy (non-hydrogen) atoms. The first-order valence-corrected chi connectivity index (χ1v) is 6.50. The summed E-state index contributed by atoms with van der Waals surface area (Å²) < 4.78 is 13.7. The van der Waals surface area contributed by atoms with Gasteiger partial charge in [0.05, 0.1) is 5.69 Å². The van der Waals surface area contributed by atoms with Crippen molar-refractivity contribution >= 4 is 15.9 Å². The second-order valence-electron chi connectivity index (χ2n) is 4.32. The fourth-order valence-electron chi connectivity index (χ4n) is 2.01. The zero-order valence-corrected chi connectivity index (χ0v) is 11.8. The third kappa shape index (κ3) is 1.88. The van der Waals surface area contributed by atoms with Crippen LogP contribution in [0.4, 0.5) is 0 Å². The minimum atomic E-state index is 0.311. The third-order valence-corrected chi connectivity index (χ3v) is 4.11. The molecule has 0 N–H and O–H groups in total. The van der Waals surface area contributed by atoms with E-state index < -0.39 is 0 Å². The molecule has 1 aromatic carbocycles. The molecule has 0 aliphatic carbocycles. The van der Waals surface area contributed by atoms with Crippen molar-refractivity contribution in [2.45, 2.75) is 13.3 Å². The fraction of sp³-hybridized carbons (Fsp3) is 0.308. The van der Waals surface area contributed by atoms with Gasteiger partial charge in [-0.05, 0) is 40.5 Å². The molecule has 0 unspecified atom stereocenters. The van der Waals surface area contributed by atoms with Crippen LogP contribution in [-0.2, 0) is 13.5 Å². The van der Waals surface area contributed by atoms with Gasteiger partial charge in [0.25, 0.3) is 0 Å². The molecule has 0 radical (unpaired) electrons. The van der Waals surface area contributed by atoms with Crippen LogP contribution in [0.25, 0.3) is 0 Å². The number of aryl methyl sites for hydroxylation is 1. The predicted octanol–water partition coefficient (Wildman–Crippen LogP) is 2.81. The molecule has 0 atom stereocenters. The number of hydrogen-bond acceptors (Lipinski definition) is 3. The second kappa shape index (κ2) is 4.31. The van der Waals surface area contributed by atoms with E-state index in [2.05, 4.69) is 20.9 Å². The van der Waals surface area contributed by atoms with Crippen molar-refractivity contribution in [2.24, 2.45) is 7.05 Å². The van der Waals surface area contributed by atoms with Crippen molar-refractivity contribution in [3.05, 3.63) is 39.9 Å². The minimum absolute atomic E-state index is 0.311. The molecule has 0 fully saturated rings. The number of ether oxygens (including phenoxy) is 2. The molecule has 0 amide bonds. The zero-order valence-electron chi connectivity index (χ0n) is 10.2. The van der Waals surface area contributed by atoms with Gasteiger partial charge in [-0.25, -0.2) is 4.98 Å². The average molecular weight is 309 g/mol. The highest BCUT2D eigenvalue weighted by atomic mass is 79.9. The Morgan fingerprint density at radius 1 is 1.33 bits per heavy atom. The van der Waals surface area contributed by atoms with Crippen LogP contribution in [0.15, 0.2) is 22.8 Å². The molecule has 0 saturated heterocycles. The summed E-state index contributed by atoms with van der Waals surface area (Å²) in [4.78, 5) is 4.54. The van der Waals surface area contributed by atoms with Gasteiger partial charge in [0.1, 0.15) is 10.4 Å². The Balaban J connectivity index is 1.90. The van der Waals surface area contributed by atoms with Crippen LogP contribution < -0.4 is 9.47 Å². The van der Waals surface area contributed by atoms with E-state index in [0.717, 1.165) is 39.6 Å². The molecule has 4 nitrogen and oxygen atoms in total. The summed E-state index contributed by atoms with van der Waals surface area (Å²) in [5.74, 6) is 2.63. The highest BCUT2D eigenvalue weighted by molar-refractivity contribution is 9.10. The number of hydrogen-bond donors (Lipinski definition) is 0. The Hall–Kier alpha value is -1.49. The number of rotatable bonds is 2. The van der Waals surface area contributed by atoms with E-state index in [9.17, 15) is 0 Å². The lowest BCUT2D eigenvalue weighted by Crippen LogP contribution is -1.93. The first kappa shape index (κ1) is 11.6. The van der Waals surface area contributed by atoms with Crippen LogP contribution in [0.5, 0.6) is 11.5 Å². The Kier molecular flexibility index (Phi) is 2.78. The average Bonchev–Trinajstić information content (AvgIpc) is 2.91. The van der Waals surface area contributed by atoms with E-state index in [-0.39, 0.29) is 0 Å². The summed E-state index contributed by atoms with van der Waals surface area (Å²) in [6.45, 7) is 2.30. The minimum Gasteiger partial charge on any atom is -0.454 e. The molecule has 3 rings (SSSR count). The Labute approximate surface area is 114 Å². The van der Waals surface area contributed by atoms with E-state index in [1.807, 2.05) is 36.7 Å². The van der Waals surface area contributed by atoms with Crippen molar-refractivity contribution in [3.8, 4) is 11.5 Å². The molecule has 2 heterocycles. The monoisotopic (exact) mass is 308 g/mol. The van der Waals surface area contributed by atoms with Crippen LogP contribution in [0.2, 0.25) is 0 Å². The number of fused-ring (bicyclic) bond motifs is 1. The van der Waals surface area contributed by atoms with E-state index in [0.29, 0.717) is 6.79 Å². The fourth-order valence-corrected chi connectivity index (χ4v) is 2.49. The van der Waals surface area contributed by atoms with E-state index in [4.69, 9.17) is 9.47 Å². The standard InChI is InChI=1S/C13H13BrN2O2/c1-8-15-10(13(14)16(8)2)5-9-3-4-11-12(6-9)18-7-17-11/h3-4,6H,5,7H2,1-2H3. The highest BCUT2D eigenvalue weighted by Gasteiger charge is 2.15. The van der Waals surface area contributed by atoms with E-state index in [1.54, 1.807) is 0 Å². The SMILES string of the molecule is Cc1nc(Cc2ccc3c(c2)OCO3)c(Br)n1C. The highest BCUT2D eigenvalue weighted by Crippen LogP contribution is 2.33. The largest absolute Gasteiger partial charge is 0.454 e. The summed E-state index contributed by atoms with van der Waals surface area (Å²) in [6, 6.07) is 6.00. The summed E-state index contributed by atoms with van der Waals surface area (Å²) in [6.07, 6.45) is 0.777.